The zero-order chi connectivity index (χ0) is 15.9. The van der Waals surface area contributed by atoms with Gasteiger partial charge in [0.2, 0.25) is 5.91 Å². The van der Waals surface area contributed by atoms with E-state index in [4.69, 9.17) is 27.9 Å². The van der Waals surface area contributed by atoms with Crippen molar-refractivity contribution < 1.29 is 9.53 Å². The number of carbonyl (C=O) groups is 1. The molecule has 2 rings (SSSR count). The molecule has 6 heteroatoms. The van der Waals surface area contributed by atoms with Crippen molar-refractivity contribution in [1.82, 2.24) is 0 Å². The van der Waals surface area contributed by atoms with Crippen molar-refractivity contribution in [1.29, 1.82) is 0 Å². The normalized spacial score (nSPS) is 10.1. The average molecular weight is 339 g/mol. The second kappa shape index (κ2) is 7.92. The Bertz CT molecular complexity index is 645. The van der Waals surface area contributed by atoms with Gasteiger partial charge in [0.05, 0.1) is 22.8 Å². The topological polar surface area (TPSA) is 50.4 Å². The van der Waals surface area contributed by atoms with Crippen molar-refractivity contribution in [3.05, 3.63) is 52.5 Å². The molecular weight excluding hydrogens is 323 g/mol. The van der Waals surface area contributed by atoms with Gasteiger partial charge < -0.3 is 15.4 Å². The monoisotopic (exact) mass is 338 g/mol. The lowest BCUT2D eigenvalue weighted by Gasteiger charge is -2.10. The standard InChI is InChI=1S/C16H16Cl2N2O2/c1-22-12-7-5-11(6-8-12)20-15(21)9-10-19-14-4-2-3-13(17)16(14)18/h2-8,19H,9-10H2,1H3,(H,20,21). The van der Waals surface area contributed by atoms with Gasteiger partial charge in [0.1, 0.15) is 5.75 Å². The van der Waals surface area contributed by atoms with E-state index >= 15 is 0 Å². The van der Waals surface area contributed by atoms with Crippen LogP contribution in [0.25, 0.3) is 0 Å². The molecule has 0 aliphatic carbocycles. The van der Waals surface area contributed by atoms with Crippen LogP contribution in [-0.2, 0) is 4.79 Å². The van der Waals surface area contributed by atoms with Gasteiger partial charge in [-0.25, -0.2) is 0 Å². The van der Waals surface area contributed by atoms with Crippen LogP contribution in [0.3, 0.4) is 0 Å². The number of methoxy groups -OCH3 is 1. The molecule has 0 aromatic heterocycles. The van der Waals surface area contributed by atoms with Gasteiger partial charge in [-0.3, -0.25) is 4.79 Å². The van der Waals surface area contributed by atoms with Crippen LogP contribution < -0.4 is 15.4 Å². The molecule has 22 heavy (non-hydrogen) atoms. The van der Waals surface area contributed by atoms with Crippen LogP contribution in [0, 0.1) is 0 Å². The number of nitrogens with one attached hydrogen (secondary N) is 2. The molecule has 1 amide bonds. The minimum absolute atomic E-state index is 0.0872. The van der Waals surface area contributed by atoms with Gasteiger partial charge in [-0.15, -0.1) is 0 Å². The molecule has 0 aliphatic heterocycles. The third-order valence-electron chi connectivity index (χ3n) is 2.99. The van der Waals surface area contributed by atoms with Gasteiger partial charge in [-0.1, -0.05) is 29.3 Å². The molecule has 0 atom stereocenters. The number of hydrogen-bond acceptors (Lipinski definition) is 3. The number of hydrogen-bond donors (Lipinski definition) is 2. The Labute approximate surface area is 139 Å². The molecular formula is C16H16Cl2N2O2. The second-order valence-corrected chi connectivity index (χ2v) is 5.34. The molecule has 2 aromatic rings. The summed E-state index contributed by atoms with van der Waals surface area (Å²) in [6, 6.07) is 12.5. The summed E-state index contributed by atoms with van der Waals surface area (Å²) in [6.45, 7) is 0.460. The van der Waals surface area contributed by atoms with E-state index in [1.54, 1.807) is 43.5 Å². The highest BCUT2D eigenvalue weighted by Crippen LogP contribution is 2.29. The van der Waals surface area contributed by atoms with Crippen molar-refractivity contribution in [2.75, 3.05) is 24.3 Å². The molecule has 0 spiro atoms. The zero-order valence-electron chi connectivity index (χ0n) is 12.0. The summed E-state index contributed by atoms with van der Waals surface area (Å²) in [5.74, 6) is 0.658. The molecule has 0 fully saturated rings. The Hall–Kier alpha value is -1.91. The van der Waals surface area contributed by atoms with Crippen LogP contribution in [0.2, 0.25) is 10.0 Å². The van der Waals surface area contributed by atoms with Crippen LogP contribution in [0.5, 0.6) is 5.75 Å². The maximum atomic E-state index is 11.9. The highest BCUT2D eigenvalue weighted by molar-refractivity contribution is 6.43. The minimum atomic E-state index is -0.0872. The van der Waals surface area contributed by atoms with Crippen LogP contribution >= 0.6 is 23.2 Å². The lowest BCUT2D eigenvalue weighted by atomic mass is 10.2. The highest BCUT2D eigenvalue weighted by atomic mass is 35.5. The molecule has 0 bridgehead atoms. The number of rotatable bonds is 6. The lowest BCUT2D eigenvalue weighted by Crippen LogP contribution is -2.16. The van der Waals surface area contributed by atoms with Gasteiger partial charge in [0.25, 0.3) is 0 Å². The van der Waals surface area contributed by atoms with Gasteiger partial charge in [-0.05, 0) is 36.4 Å². The Morgan fingerprint density at radius 3 is 2.55 bits per heavy atom. The summed E-state index contributed by atoms with van der Waals surface area (Å²) in [4.78, 5) is 11.9. The molecule has 0 heterocycles. The van der Waals surface area contributed by atoms with Crippen molar-refractivity contribution in [2.45, 2.75) is 6.42 Å². The lowest BCUT2D eigenvalue weighted by molar-refractivity contribution is -0.115. The maximum Gasteiger partial charge on any atom is 0.226 e. The predicted octanol–water partition coefficient (Wildman–Crippen LogP) is 4.44. The minimum Gasteiger partial charge on any atom is -0.497 e. The van der Waals surface area contributed by atoms with E-state index in [-0.39, 0.29) is 5.91 Å². The number of carbonyl (C=O) groups excluding carboxylic acids is 1. The summed E-state index contributed by atoms with van der Waals surface area (Å²) in [5, 5.41) is 6.84. The smallest absolute Gasteiger partial charge is 0.226 e. The molecule has 0 aliphatic rings. The summed E-state index contributed by atoms with van der Waals surface area (Å²) in [7, 11) is 1.60. The van der Waals surface area contributed by atoms with Crippen LogP contribution in [0.1, 0.15) is 6.42 Å². The predicted molar refractivity (Wildman–Crippen MR) is 91.2 cm³/mol. The number of amides is 1. The molecule has 4 nitrogen and oxygen atoms in total. The highest BCUT2D eigenvalue weighted by Gasteiger charge is 2.06. The molecule has 2 aromatic carbocycles. The van der Waals surface area contributed by atoms with E-state index in [0.717, 1.165) is 11.4 Å². The third-order valence-corrected chi connectivity index (χ3v) is 3.81. The van der Waals surface area contributed by atoms with Gasteiger partial charge in [0.15, 0.2) is 0 Å². The van der Waals surface area contributed by atoms with Crippen molar-refractivity contribution in [2.24, 2.45) is 0 Å². The van der Waals surface area contributed by atoms with Gasteiger partial charge in [0, 0.05) is 18.7 Å². The second-order valence-electron chi connectivity index (χ2n) is 4.55. The molecule has 2 N–H and O–H groups in total. The Kier molecular flexibility index (Phi) is 5.92. The van der Waals surface area contributed by atoms with Crippen molar-refractivity contribution in [3.63, 3.8) is 0 Å². The summed E-state index contributed by atoms with van der Waals surface area (Å²) >= 11 is 12.0. The first-order valence-electron chi connectivity index (χ1n) is 6.72. The fourth-order valence-electron chi connectivity index (χ4n) is 1.85. The average Bonchev–Trinajstić information content (AvgIpc) is 2.52. The van der Waals surface area contributed by atoms with E-state index in [1.165, 1.54) is 0 Å². The zero-order valence-corrected chi connectivity index (χ0v) is 13.5. The maximum absolute atomic E-state index is 11.9. The first kappa shape index (κ1) is 16.5. The van der Waals surface area contributed by atoms with Crippen LogP contribution in [0.4, 0.5) is 11.4 Å². The molecule has 0 saturated carbocycles. The summed E-state index contributed by atoms with van der Waals surface area (Å²) in [6.07, 6.45) is 0.314. The van der Waals surface area contributed by atoms with E-state index < -0.39 is 0 Å². The molecule has 0 radical (unpaired) electrons. The van der Waals surface area contributed by atoms with Crippen LogP contribution in [-0.4, -0.2) is 19.6 Å². The van der Waals surface area contributed by atoms with Crippen molar-refractivity contribution >= 4 is 40.5 Å². The van der Waals surface area contributed by atoms with Gasteiger partial charge >= 0.3 is 0 Å². The molecule has 0 unspecified atom stereocenters. The first-order chi connectivity index (χ1) is 10.6. The molecule has 0 saturated heterocycles. The quantitative estimate of drug-likeness (QED) is 0.818. The number of benzene rings is 2. The first-order valence-corrected chi connectivity index (χ1v) is 7.47. The van der Waals surface area contributed by atoms with E-state index in [1.807, 2.05) is 6.07 Å². The van der Waals surface area contributed by atoms with Crippen LogP contribution in [0.15, 0.2) is 42.5 Å². The van der Waals surface area contributed by atoms with Crippen molar-refractivity contribution in [3.8, 4) is 5.75 Å². The fraction of sp³-hybridized carbons (Fsp3) is 0.188. The Balaban J connectivity index is 1.81. The number of ether oxygens (including phenoxy) is 1. The van der Waals surface area contributed by atoms with Gasteiger partial charge in [-0.2, -0.15) is 0 Å². The SMILES string of the molecule is COc1ccc(NC(=O)CCNc2cccc(Cl)c2Cl)cc1. The Morgan fingerprint density at radius 2 is 1.86 bits per heavy atom. The summed E-state index contributed by atoms with van der Waals surface area (Å²) < 4.78 is 5.06. The van der Waals surface area contributed by atoms with E-state index in [2.05, 4.69) is 10.6 Å². The number of anilines is 2. The van der Waals surface area contributed by atoms with E-state index in [9.17, 15) is 4.79 Å². The van der Waals surface area contributed by atoms with E-state index in [0.29, 0.717) is 28.7 Å². The largest absolute Gasteiger partial charge is 0.497 e. The number of halogens is 2. The Morgan fingerprint density at radius 1 is 1.14 bits per heavy atom. The third kappa shape index (κ3) is 4.55. The fourth-order valence-corrected chi connectivity index (χ4v) is 2.22. The summed E-state index contributed by atoms with van der Waals surface area (Å²) in [5.41, 5.74) is 1.44. The molecule has 116 valence electrons.